The minimum atomic E-state index is -4.00. The van der Waals surface area contributed by atoms with E-state index in [1.165, 1.54) is 40.7 Å². The minimum absolute atomic E-state index is 0.0288. The first-order valence-electron chi connectivity index (χ1n) is 8.09. The van der Waals surface area contributed by atoms with Crippen molar-refractivity contribution in [3.63, 3.8) is 0 Å². The third-order valence-corrected chi connectivity index (χ3v) is 7.60. The number of sulfonamides is 2. The summed E-state index contributed by atoms with van der Waals surface area (Å²) in [7, 11) is -7.38. The Balaban J connectivity index is 1.93. The molecule has 2 aromatic carbocycles. The molecule has 0 bridgehead atoms. The molecule has 1 heterocycles. The van der Waals surface area contributed by atoms with Gasteiger partial charge in [-0.25, -0.2) is 21.2 Å². The van der Waals surface area contributed by atoms with Crippen molar-refractivity contribution in [3.8, 4) is 0 Å². The van der Waals surface area contributed by atoms with Gasteiger partial charge in [0.15, 0.2) is 0 Å². The zero-order chi connectivity index (χ0) is 18.9. The van der Waals surface area contributed by atoms with E-state index in [1.54, 1.807) is 6.92 Å². The van der Waals surface area contributed by atoms with Crippen LogP contribution in [0.25, 0.3) is 0 Å². The van der Waals surface area contributed by atoms with Crippen LogP contribution in [0.1, 0.15) is 18.4 Å². The van der Waals surface area contributed by atoms with Crippen molar-refractivity contribution in [3.05, 3.63) is 53.8 Å². The molecule has 26 heavy (non-hydrogen) atoms. The Morgan fingerprint density at radius 3 is 2.50 bits per heavy atom. The number of nitrogens with zero attached hydrogens (tertiary/aromatic N) is 1. The van der Waals surface area contributed by atoms with Crippen LogP contribution in [-0.2, 0) is 20.0 Å². The molecule has 1 fully saturated rings. The first-order chi connectivity index (χ1) is 12.2. The van der Waals surface area contributed by atoms with E-state index in [9.17, 15) is 21.2 Å². The molecule has 1 aliphatic rings. The van der Waals surface area contributed by atoms with Crippen LogP contribution in [0.4, 0.5) is 15.8 Å². The van der Waals surface area contributed by atoms with E-state index < -0.39 is 25.9 Å². The molecule has 3 rings (SSSR count). The smallest absolute Gasteiger partial charge is 0.262 e. The SMILES string of the molecule is Cc1cc(N2CCCCS2(=O)=O)ccc1S(=O)(=O)Nc1ccccc1F. The average molecular weight is 398 g/mol. The van der Waals surface area contributed by atoms with E-state index in [0.717, 1.165) is 12.5 Å². The summed E-state index contributed by atoms with van der Waals surface area (Å²) in [4.78, 5) is -0.0288. The summed E-state index contributed by atoms with van der Waals surface area (Å²) in [5.74, 6) is -0.592. The summed E-state index contributed by atoms with van der Waals surface area (Å²) < 4.78 is 66.8. The third-order valence-electron chi connectivity index (χ3n) is 4.20. The summed E-state index contributed by atoms with van der Waals surface area (Å²) in [5.41, 5.74) is 0.675. The predicted octanol–water partition coefficient (Wildman–Crippen LogP) is 2.86. The van der Waals surface area contributed by atoms with Gasteiger partial charge in [-0.15, -0.1) is 0 Å². The molecule has 0 atom stereocenters. The van der Waals surface area contributed by atoms with E-state index >= 15 is 0 Å². The van der Waals surface area contributed by atoms with Crippen LogP contribution in [-0.4, -0.2) is 29.1 Å². The maximum atomic E-state index is 13.7. The van der Waals surface area contributed by atoms with Gasteiger partial charge in [0, 0.05) is 6.54 Å². The van der Waals surface area contributed by atoms with Gasteiger partial charge >= 0.3 is 0 Å². The molecule has 6 nitrogen and oxygen atoms in total. The van der Waals surface area contributed by atoms with E-state index in [1.807, 2.05) is 0 Å². The Morgan fingerprint density at radius 1 is 1.12 bits per heavy atom. The number of hydrogen-bond donors (Lipinski definition) is 1. The fourth-order valence-electron chi connectivity index (χ4n) is 2.91. The van der Waals surface area contributed by atoms with Crippen molar-refractivity contribution in [1.29, 1.82) is 0 Å². The van der Waals surface area contributed by atoms with Gasteiger partial charge in [-0.2, -0.15) is 0 Å². The average Bonchev–Trinajstić information content (AvgIpc) is 2.56. The fraction of sp³-hybridized carbons (Fsp3) is 0.294. The quantitative estimate of drug-likeness (QED) is 0.858. The van der Waals surface area contributed by atoms with Crippen molar-refractivity contribution in [2.24, 2.45) is 0 Å². The lowest BCUT2D eigenvalue weighted by molar-refractivity contribution is 0.574. The van der Waals surface area contributed by atoms with Gasteiger partial charge in [0.05, 0.1) is 22.0 Å². The third kappa shape index (κ3) is 3.68. The fourth-order valence-corrected chi connectivity index (χ4v) is 5.84. The molecular weight excluding hydrogens is 379 g/mol. The number of halogens is 1. The molecule has 1 N–H and O–H groups in total. The Hall–Kier alpha value is -2.13. The first kappa shape index (κ1) is 18.7. The van der Waals surface area contributed by atoms with Crippen LogP contribution < -0.4 is 9.03 Å². The van der Waals surface area contributed by atoms with Gasteiger partial charge in [-0.05, 0) is 55.7 Å². The van der Waals surface area contributed by atoms with Crippen LogP contribution in [0, 0.1) is 12.7 Å². The number of rotatable bonds is 4. The van der Waals surface area contributed by atoms with E-state index in [4.69, 9.17) is 0 Å². The van der Waals surface area contributed by atoms with Gasteiger partial charge in [0.25, 0.3) is 10.0 Å². The zero-order valence-electron chi connectivity index (χ0n) is 14.1. The molecule has 0 amide bonds. The molecule has 0 spiro atoms. The number of nitrogens with one attached hydrogen (secondary N) is 1. The first-order valence-corrected chi connectivity index (χ1v) is 11.2. The zero-order valence-corrected chi connectivity index (χ0v) is 15.8. The van der Waals surface area contributed by atoms with Crippen molar-refractivity contribution < 1.29 is 21.2 Å². The lowest BCUT2D eigenvalue weighted by Gasteiger charge is -2.28. The largest absolute Gasteiger partial charge is 0.277 e. The van der Waals surface area contributed by atoms with Crippen LogP contribution in [0.3, 0.4) is 0 Å². The second-order valence-electron chi connectivity index (χ2n) is 6.13. The van der Waals surface area contributed by atoms with Crippen molar-refractivity contribution in [1.82, 2.24) is 0 Å². The van der Waals surface area contributed by atoms with Crippen LogP contribution in [0.5, 0.6) is 0 Å². The highest BCUT2D eigenvalue weighted by Crippen LogP contribution is 2.28. The lowest BCUT2D eigenvalue weighted by Crippen LogP contribution is -2.37. The van der Waals surface area contributed by atoms with E-state index in [-0.39, 0.29) is 16.3 Å². The highest BCUT2D eigenvalue weighted by Gasteiger charge is 2.27. The number of hydrogen-bond acceptors (Lipinski definition) is 4. The van der Waals surface area contributed by atoms with Crippen LogP contribution >= 0.6 is 0 Å². The van der Waals surface area contributed by atoms with Gasteiger partial charge in [-0.3, -0.25) is 9.03 Å². The molecule has 0 unspecified atom stereocenters. The van der Waals surface area contributed by atoms with Gasteiger partial charge in [0.1, 0.15) is 5.82 Å². The second-order valence-corrected chi connectivity index (χ2v) is 9.79. The van der Waals surface area contributed by atoms with E-state index in [0.29, 0.717) is 24.2 Å². The normalized spacial score (nSPS) is 17.1. The molecule has 2 aromatic rings. The highest BCUT2D eigenvalue weighted by atomic mass is 32.2. The number of para-hydroxylation sites is 1. The summed E-state index contributed by atoms with van der Waals surface area (Å²) in [5, 5.41) is 0. The summed E-state index contributed by atoms with van der Waals surface area (Å²) in [6, 6.07) is 9.82. The van der Waals surface area contributed by atoms with Crippen molar-refractivity contribution in [2.75, 3.05) is 21.3 Å². The standard InChI is InChI=1S/C17H19FN2O4S2/c1-13-12-14(20-10-4-5-11-25(20,21)22)8-9-17(13)26(23,24)19-16-7-3-2-6-15(16)18/h2-3,6-9,12,19H,4-5,10-11H2,1H3. The Bertz CT molecular complexity index is 1040. The maximum absolute atomic E-state index is 13.7. The molecule has 9 heteroatoms. The maximum Gasteiger partial charge on any atom is 0.262 e. The molecule has 0 saturated carbocycles. The predicted molar refractivity (Wildman–Crippen MR) is 98.8 cm³/mol. The topological polar surface area (TPSA) is 83.6 Å². The van der Waals surface area contributed by atoms with Gasteiger partial charge in [-0.1, -0.05) is 12.1 Å². The van der Waals surface area contributed by atoms with Crippen molar-refractivity contribution >= 4 is 31.4 Å². The Morgan fingerprint density at radius 2 is 1.85 bits per heavy atom. The number of aryl methyl sites for hydroxylation is 1. The van der Waals surface area contributed by atoms with Crippen molar-refractivity contribution in [2.45, 2.75) is 24.7 Å². The Kier molecular flexibility index (Phi) is 4.94. The summed E-state index contributed by atoms with van der Waals surface area (Å²) in [6.45, 7) is 1.96. The molecule has 0 radical (unpaired) electrons. The monoisotopic (exact) mass is 398 g/mol. The highest BCUT2D eigenvalue weighted by molar-refractivity contribution is 7.93. The summed E-state index contributed by atoms with van der Waals surface area (Å²) in [6.07, 6.45) is 1.38. The molecule has 140 valence electrons. The van der Waals surface area contributed by atoms with Gasteiger partial charge in [0.2, 0.25) is 10.0 Å². The Labute approximate surface area is 152 Å². The molecular formula is C17H19FN2O4S2. The van der Waals surface area contributed by atoms with Gasteiger partial charge < -0.3 is 0 Å². The van der Waals surface area contributed by atoms with Crippen LogP contribution in [0.15, 0.2) is 47.4 Å². The number of anilines is 2. The second kappa shape index (κ2) is 6.88. The van der Waals surface area contributed by atoms with E-state index in [2.05, 4.69) is 4.72 Å². The molecule has 0 aromatic heterocycles. The number of benzene rings is 2. The molecule has 1 aliphatic heterocycles. The molecule has 1 saturated heterocycles. The minimum Gasteiger partial charge on any atom is -0.277 e. The van der Waals surface area contributed by atoms with Crippen LogP contribution in [0.2, 0.25) is 0 Å². The molecule has 0 aliphatic carbocycles. The lowest BCUT2D eigenvalue weighted by atomic mass is 10.2. The summed E-state index contributed by atoms with van der Waals surface area (Å²) >= 11 is 0.